The number of nitrogens with zero attached hydrogens (tertiary/aromatic N) is 1. The molecule has 1 aromatic heterocycles. The SMILES string of the molecule is O=C(NCCc1ccccc1)c1cnc(OCC(F)(F)F)c(Cl)c1. The van der Waals surface area contributed by atoms with Crippen LogP contribution in [0.2, 0.25) is 5.02 Å². The molecule has 1 N–H and O–H groups in total. The lowest BCUT2D eigenvalue weighted by atomic mass is 10.1. The van der Waals surface area contributed by atoms with E-state index in [1.54, 1.807) is 0 Å². The number of benzene rings is 1. The van der Waals surface area contributed by atoms with Crippen LogP contribution in [0.15, 0.2) is 42.6 Å². The van der Waals surface area contributed by atoms with Crippen LogP contribution in [-0.4, -0.2) is 30.2 Å². The number of amides is 1. The van der Waals surface area contributed by atoms with Gasteiger partial charge in [0.05, 0.1) is 5.56 Å². The summed E-state index contributed by atoms with van der Waals surface area (Å²) in [6, 6.07) is 10.8. The second kappa shape index (κ2) is 8.01. The summed E-state index contributed by atoms with van der Waals surface area (Å²) in [5.74, 6) is -0.780. The number of nitrogens with one attached hydrogen (secondary N) is 1. The van der Waals surface area contributed by atoms with Crippen LogP contribution in [0.25, 0.3) is 0 Å². The summed E-state index contributed by atoms with van der Waals surface area (Å²) in [4.78, 5) is 15.6. The highest BCUT2D eigenvalue weighted by Gasteiger charge is 2.29. The Balaban J connectivity index is 1.89. The van der Waals surface area contributed by atoms with Gasteiger partial charge >= 0.3 is 6.18 Å². The summed E-state index contributed by atoms with van der Waals surface area (Å²) >= 11 is 5.80. The van der Waals surface area contributed by atoms with Crippen molar-refractivity contribution in [2.24, 2.45) is 0 Å². The summed E-state index contributed by atoms with van der Waals surface area (Å²) in [6.07, 6.45) is -2.71. The monoisotopic (exact) mass is 358 g/mol. The van der Waals surface area contributed by atoms with Gasteiger partial charge < -0.3 is 10.1 Å². The van der Waals surface area contributed by atoms with Crippen molar-refractivity contribution >= 4 is 17.5 Å². The van der Waals surface area contributed by atoms with Crippen LogP contribution in [0.5, 0.6) is 5.88 Å². The Kier molecular flexibility index (Phi) is 6.03. The van der Waals surface area contributed by atoms with Crippen molar-refractivity contribution in [3.8, 4) is 5.88 Å². The predicted octanol–water partition coefficient (Wildman–Crippen LogP) is 3.65. The van der Waals surface area contributed by atoms with E-state index in [1.165, 1.54) is 6.07 Å². The first-order valence-corrected chi connectivity index (χ1v) is 7.40. The Morgan fingerprint density at radius 3 is 2.58 bits per heavy atom. The van der Waals surface area contributed by atoms with E-state index in [9.17, 15) is 18.0 Å². The molecule has 1 amide bonds. The number of carbonyl (C=O) groups is 1. The molecular formula is C16H14ClF3N2O2. The molecule has 2 aromatic rings. The maximum atomic E-state index is 12.1. The van der Waals surface area contributed by atoms with Gasteiger partial charge in [-0.05, 0) is 18.1 Å². The molecule has 24 heavy (non-hydrogen) atoms. The summed E-state index contributed by atoms with van der Waals surface area (Å²) in [5, 5.41) is 2.53. The van der Waals surface area contributed by atoms with E-state index in [2.05, 4.69) is 15.0 Å². The normalized spacial score (nSPS) is 11.2. The number of rotatable bonds is 6. The van der Waals surface area contributed by atoms with Gasteiger partial charge in [-0.1, -0.05) is 41.9 Å². The van der Waals surface area contributed by atoms with Gasteiger partial charge in [0.15, 0.2) is 6.61 Å². The highest BCUT2D eigenvalue weighted by atomic mass is 35.5. The first-order valence-electron chi connectivity index (χ1n) is 7.02. The molecule has 0 saturated carbocycles. The molecule has 0 aliphatic heterocycles. The fourth-order valence-corrected chi connectivity index (χ4v) is 2.09. The third-order valence-electron chi connectivity index (χ3n) is 2.98. The molecule has 0 bridgehead atoms. The number of hydrogen-bond acceptors (Lipinski definition) is 3. The molecule has 0 unspecified atom stereocenters. The number of alkyl halides is 3. The molecule has 0 radical (unpaired) electrons. The molecule has 128 valence electrons. The highest BCUT2D eigenvalue weighted by molar-refractivity contribution is 6.32. The van der Waals surface area contributed by atoms with Gasteiger partial charge in [-0.15, -0.1) is 0 Å². The van der Waals surface area contributed by atoms with Crippen LogP contribution in [0.4, 0.5) is 13.2 Å². The molecule has 1 aromatic carbocycles. The minimum absolute atomic E-state index is 0.146. The van der Waals surface area contributed by atoms with Gasteiger partial charge in [0.2, 0.25) is 5.88 Å². The number of carbonyl (C=O) groups excluding carboxylic acids is 1. The first kappa shape index (κ1) is 18.1. The molecule has 4 nitrogen and oxygen atoms in total. The van der Waals surface area contributed by atoms with E-state index >= 15 is 0 Å². The van der Waals surface area contributed by atoms with E-state index in [0.717, 1.165) is 11.8 Å². The van der Waals surface area contributed by atoms with Crippen molar-refractivity contribution in [1.29, 1.82) is 0 Å². The average Bonchev–Trinajstić information content (AvgIpc) is 2.53. The second-order valence-electron chi connectivity index (χ2n) is 4.91. The van der Waals surface area contributed by atoms with E-state index < -0.39 is 18.7 Å². The Hall–Kier alpha value is -2.28. The summed E-state index contributed by atoms with van der Waals surface area (Å²) < 4.78 is 40.8. The predicted molar refractivity (Wildman–Crippen MR) is 83.3 cm³/mol. The summed E-state index contributed by atoms with van der Waals surface area (Å²) in [5.41, 5.74) is 1.22. The van der Waals surface area contributed by atoms with Crippen LogP contribution < -0.4 is 10.1 Å². The number of ether oxygens (including phenoxy) is 1. The third kappa shape index (κ3) is 5.73. The van der Waals surface area contributed by atoms with Crippen molar-refractivity contribution < 1.29 is 22.7 Å². The molecular weight excluding hydrogens is 345 g/mol. The van der Waals surface area contributed by atoms with Crippen molar-refractivity contribution in [2.45, 2.75) is 12.6 Å². The third-order valence-corrected chi connectivity index (χ3v) is 3.25. The molecule has 2 rings (SSSR count). The van der Waals surface area contributed by atoms with E-state index in [1.807, 2.05) is 30.3 Å². The van der Waals surface area contributed by atoms with Crippen LogP contribution in [0.3, 0.4) is 0 Å². The van der Waals surface area contributed by atoms with E-state index in [-0.39, 0.29) is 16.5 Å². The molecule has 0 spiro atoms. The maximum Gasteiger partial charge on any atom is 0.422 e. The molecule has 0 atom stereocenters. The van der Waals surface area contributed by atoms with Crippen molar-refractivity contribution in [3.63, 3.8) is 0 Å². The molecule has 0 fully saturated rings. The minimum atomic E-state index is -4.49. The average molecular weight is 359 g/mol. The molecule has 0 saturated heterocycles. The number of hydrogen-bond donors (Lipinski definition) is 1. The Bertz CT molecular complexity index is 693. The number of halogens is 4. The van der Waals surface area contributed by atoms with Crippen molar-refractivity contribution in [1.82, 2.24) is 10.3 Å². The standard InChI is InChI=1S/C16H14ClF3N2O2/c17-13-8-12(9-22-15(13)24-10-16(18,19)20)14(23)21-7-6-11-4-2-1-3-5-11/h1-5,8-9H,6-7,10H2,(H,21,23). The lowest BCUT2D eigenvalue weighted by molar-refractivity contribution is -0.154. The number of aromatic nitrogens is 1. The van der Waals surface area contributed by atoms with Gasteiger partial charge in [-0.3, -0.25) is 4.79 Å². The molecule has 0 aliphatic rings. The first-order chi connectivity index (χ1) is 11.3. The maximum absolute atomic E-state index is 12.1. The van der Waals surface area contributed by atoms with Crippen LogP contribution in [0, 0.1) is 0 Å². The van der Waals surface area contributed by atoms with Gasteiger partial charge in [0, 0.05) is 12.7 Å². The zero-order valence-electron chi connectivity index (χ0n) is 12.4. The number of pyridine rings is 1. The Morgan fingerprint density at radius 1 is 1.25 bits per heavy atom. The summed E-state index contributed by atoms with van der Waals surface area (Å²) in [6.45, 7) is -1.09. The Labute approximate surface area is 141 Å². The van der Waals surface area contributed by atoms with Crippen molar-refractivity contribution in [2.75, 3.05) is 13.2 Å². The van der Waals surface area contributed by atoms with Crippen LogP contribution in [0.1, 0.15) is 15.9 Å². The quantitative estimate of drug-likeness (QED) is 0.857. The molecule has 0 aliphatic carbocycles. The van der Waals surface area contributed by atoms with Crippen molar-refractivity contribution in [3.05, 3.63) is 58.7 Å². The molecule has 1 heterocycles. The lowest BCUT2D eigenvalue weighted by Crippen LogP contribution is -2.26. The summed E-state index contributed by atoms with van der Waals surface area (Å²) in [7, 11) is 0. The lowest BCUT2D eigenvalue weighted by Gasteiger charge is -2.10. The second-order valence-corrected chi connectivity index (χ2v) is 5.31. The zero-order valence-corrected chi connectivity index (χ0v) is 13.2. The van der Waals surface area contributed by atoms with Gasteiger partial charge in [-0.25, -0.2) is 4.98 Å². The topological polar surface area (TPSA) is 51.2 Å². The highest BCUT2D eigenvalue weighted by Crippen LogP contribution is 2.24. The van der Waals surface area contributed by atoms with E-state index in [4.69, 9.17) is 11.6 Å². The fourth-order valence-electron chi connectivity index (χ4n) is 1.87. The fraction of sp³-hybridized carbons (Fsp3) is 0.250. The van der Waals surface area contributed by atoms with Crippen LogP contribution in [-0.2, 0) is 6.42 Å². The molecule has 8 heteroatoms. The van der Waals surface area contributed by atoms with Gasteiger partial charge in [0.1, 0.15) is 5.02 Å². The smallest absolute Gasteiger partial charge is 0.422 e. The van der Waals surface area contributed by atoms with Crippen LogP contribution >= 0.6 is 11.6 Å². The largest absolute Gasteiger partial charge is 0.467 e. The van der Waals surface area contributed by atoms with E-state index in [0.29, 0.717) is 13.0 Å². The van der Waals surface area contributed by atoms with Gasteiger partial charge in [-0.2, -0.15) is 13.2 Å². The van der Waals surface area contributed by atoms with Gasteiger partial charge in [0.25, 0.3) is 5.91 Å². The minimum Gasteiger partial charge on any atom is -0.467 e. The Morgan fingerprint density at radius 2 is 1.96 bits per heavy atom. The zero-order chi connectivity index (χ0) is 17.6.